The van der Waals surface area contributed by atoms with Gasteiger partial charge in [-0.2, -0.15) is 0 Å². The summed E-state index contributed by atoms with van der Waals surface area (Å²) < 4.78 is 60.4. The average Bonchev–Trinajstić information content (AvgIpc) is 2.90. The summed E-state index contributed by atoms with van der Waals surface area (Å²) in [4.78, 5) is 16.9. The zero-order valence-corrected chi connectivity index (χ0v) is 23.0. The van der Waals surface area contributed by atoms with Crippen molar-refractivity contribution in [2.24, 2.45) is 11.7 Å². The van der Waals surface area contributed by atoms with Gasteiger partial charge in [0.25, 0.3) is 20.0 Å². The Balaban J connectivity index is 1.91. The zero-order chi connectivity index (χ0) is 27.9. The van der Waals surface area contributed by atoms with Crippen molar-refractivity contribution in [3.8, 4) is 5.75 Å². The van der Waals surface area contributed by atoms with Crippen LogP contribution in [0.25, 0.3) is 0 Å². The Morgan fingerprint density at radius 2 is 1.39 bits per heavy atom. The van der Waals surface area contributed by atoms with Gasteiger partial charge in [-0.1, -0.05) is 48.6 Å². The highest BCUT2D eigenvalue weighted by atomic mass is 32.2. The van der Waals surface area contributed by atoms with Crippen molar-refractivity contribution < 1.29 is 31.2 Å². The molecule has 0 atom stereocenters. The zero-order valence-electron chi connectivity index (χ0n) is 21.4. The third kappa shape index (κ3) is 7.10. The number of anilines is 1. The van der Waals surface area contributed by atoms with Gasteiger partial charge in [0, 0.05) is 6.54 Å². The molecule has 3 aromatic carbocycles. The lowest BCUT2D eigenvalue weighted by atomic mass is 10.2. The van der Waals surface area contributed by atoms with Gasteiger partial charge < -0.3 is 10.5 Å². The Bertz CT molecular complexity index is 1430. The smallest absolute Gasteiger partial charge is 0.265 e. The van der Waals surface area contributed by atoms with Gasteiger partial charge in [0.2, 0.25) is 5.91 Å². The summed E-state index contributed by atoms with van der Waals surface area (Å²) in [6.07, 6.45) is 0. The average molecular weight is 562 g/mol. The Kier molecular flexibility index (Phi) is 9.50. The molecule has 0 unspecified atom stereocenters. The number of nitrogens with zero attached hydrogens (tertiary/aromatic N) is 2. The summed E-state index contributed by atoms with van der Waals surface area (Å²) in [5.74, 6) is -0.403. The predicted octanol–water partition coefficient (Wildman–Crippen LogP) is 3.15. The van der Waals surface area contributed by atoms with Crippen molar-refractivity contribution in [3.63, 3.8) is 0 Å². The van der Waals surface area contributed by atoms with Crippen molar-refractivity contribution >= 4 is 31.6 Å². The first-order valence-electron chi connectivity index (χ1n) is 11.7. The number of benzene rings is 3. The molecule has 0 radical (unpaired) electrons. The molecular formula is C26H31N3O7S2. The van der Waals surface area contributed by atoms with E-state index in [2.05, 4.69) is 0 Å². The van der Waals surface area contributed by atoms with E-state index in [9.17, 15) is 21.6 Å². The minimum Gasteiger partial charge on any atom is -0.497 e. The summed E-state index contributed by atoms with van der Waals surface area (Å²) in [5.41, 5.74) is 6.24. The van der Waals surface area contributed by atoms with Crippen LogP contribution in [0.1, 0.15) is 19.4 Å². The largest absolute Gasteiger partial charge is 0.497 e. The fourth-order valence-electron chi connectivity index (χ4n) is 3.50. The Hall–Kier alpha value is -3.45. The molecule has 0 aliphatic rings. The van der Waals surface area contributed by atoms with E-state index >= 15 is 0 Å². The van der Waals surface area contributed by atoms with E-state index < -0.39 is 32.5 Å². The highest BCUT2D eigenvalue weighted by Crippen LogP contribution is 2.28. The maximum atomic E-state index is 13.5. The van der Waals surface area contributed by atoms with E-state index in [1.807, 2.05) is 13.8 Å². The van der Waals surface area contributed by atoms with Crippen molar-refractivity contribution in [1.82, 2.24) is 4.47 Å². The summed E-state index contributed by atoms with van der Waals surface area (Å²) in [6, 6.07) is 20.2. The van der Waals surface area contributed by atoms with Crippen LogP contribution in [0.2, 0.25) is 0 Å². The van der Waals surface area contributed by atoms with Gasteiger partial charge in [-0.25, -0.2) is 16.8 Å². The Labute approximate surface area is 223 Å². The van der Waals surface area contributed by atoms with E-state index in [1.165, 1.54) is 47.8 Å². The van der Waals surface area contributed by atoms with E-state index in [1.54, 1.807) is 42.5 Å². The lowest BCUT2D eigenvalue weighted by molar-refractivity contribution is -0.133. The van der Waals surface area contributed by atoms with Gasteiger partial charge in [0.05, 0.1) is 29.2 Å². The van der Waals surface area contributed by atoms with Crippen molar-refractivity contribution in [2.45, 2.75) is 30.2 Å². The van der Waals surface area contributed by atoms with Crippen LogP contribution in [0, 0.1) is 5.92 Å². The molecular weight excluding hydrogens is 530 g/mol. The monoisotopic (exact) mass is 561 g/mol. The first-order valence-corrected chi connectivity index (χ1v) is 14.6. The number of sulfonamides is 2. The van der Waals surface area contributed by atoms with Gasteiger partial charge in [-0.15, -0.1) is 0 Å². The van der Waals surface area contributed by atoms with Crippen LogP contribution in [0.3, 0.4) is 0 Å². The number of amides is 1. The number of hydrogen-bond donors (Lipinski definition) is 1. The fraction of sp³-hybridized carbons (Fsp3) is 0.269. The van der Waals surface area contributed by atoms with Gasteiger partial charge >= 0.3 is 0 Å². The molecule has 0 spiro atoms. The second-order valence-electron chi connectivity index (χ2n) is 8.79. The summed E-state index contributed by atoms with van der Waals surface area (Å²) in [7, 11) is -6.77. The van der Waals surface area contributed by atoms with Crippen LogP contribution in [-0.4, -0.2) is 47.4 Å². The summed E-state index contributed by atoms with van der Waals surface area (Å²) in [5, 5.41) is 0. The van der Waals surface area contributed by atoms with E-state index in [0.717, 1.165) is 0 Å². The standard InChI is InChI=1S/C26H31N3O7S2/c1-20(2)17-28(37(31,32)24-15-11-23(35-3)12-16-24)22-9-13-25(14-10-22)38(33,34)29(18-26(27)30)36-19-21-7-5-4-6-8-21/h4-16,20H,17-19H2,1-3H3,(H2,27,30). The van der Waals surface area contributed by atoms with Gasteiger partial charge in [-0.05, 0) is 60.0 Å². The van der Waals surface area contributed by atoms with Crippen LogP contribution in [-0.2, 0) is 36.3 Å². The fourth-order valence-corrected chi connectivity index (χ4v) is 6.33. The molecule has 2 N–H and O–H groups in total. The molecule has 0 aliphatic heterocycles. The quantitative estimate of drug-likeness (QED) is 0.317. The number of methoxy groups -OCH3 is 1. The number of carbonyl (C=O) groups is 1. The second-order valence-corrected chi connectivity index (χ2v) is 12.5. The molecule has 3 rings (SSSR count). The van der Waals surface area contributed by atoms with Crippen molar-refractivity contribution in [1.29, 1.82) is 0 Å². The number of hydrogen-bond acceptors (Lipinski definition) is 7. The van der Waals surface area contributed by atoms with Crippen LogP contribution in [0.15, 0.2) is 88.7 Å². The summed E-state index contributed by atoms with van der Waals surface area (Å²) >= 11 is 0. The van der Waals surface area contributed by atoms with Crippen LogP contribution in [0.5, 0.6) is 5.75 Å². The third-order valence-corrected chi connectivity index (χ3v) is 8.82. The number of primary amides is 1. The molecule has 0 heterocycles. The highest BCUT2D eigenvalue weighted by Gasteiger charge is 2.29. The molecule has 0 aromatic heterocycles. The van der Waals surface area contributed by atoms with Gasteiger partial charge in [-0.3, -0.25) is 13.9 Å². The summed E-state index contributed by atoms with van der Waals surface area (Å²) in [6.45, 7) is 3.12. The topological polar surface area (TPSA) is 136 Å². The van der Waals surface area contributed by atoms with Crippen LogP contribution in [0.4, 0.5) is 5.69 Å². The first-order chi connectivity index (χ1) is 17.9. The van der Waals surface area contributed by atoms with Gasteiger partial charge in [0.1, 0.15) is 12.3 Å². The molecule has 0 saturated heterocycles. The molecule has 0 fully saturated rings. The van der Waals surface area contributed by atoms with Crippen molar-refractivity contribution in [2.75, 3.05) is 24.5 Å². The number of nitrogens with two attached hydrogens (primary N) is 1. The predicted molar refractivity (Wildman–Crippen MR) is 143 cm³/mol. The minimum atomic E-state index is -4.30. The molecule has 0 saturated carbocycles. The molecule has 204 valence electrons. The molecule has 0 aliphatic carbocycles. The second kappa shape index (κ2) is 12.4. The number of rotatable bonds is 13. The maximum absolute atomic E-state index is 13.5. The number of carbonyl (C=O) groups excluding carboxylic acids is 1. The number of ether oxygens (including phenoxy) is 1. The maximum Gasteiger partial charge on any atom is 0.265 e. The Morgan fingerprint density at radius 3 is 1.92 bits per heavy atom. The van der Waals surface area contributed by atoms with E-state index in [-0.39, 0.29) is 34.5 Å². The molecule has 10 nitrogen and oxygen atoms in total. The highest BCUT2D eigenvalue weighted by molar-refractivity contribution is 7.92. The van der Waals surface area contributed by atoms with E-state index in [0.29, 0.717) is 15.8 Å². The number of hydroxylamine groups is 1. The molecule has 12 heteroatoms. The molecule has 0 bridgehead atoms. The molecule has 1 amide bonds. The molecule has 38 heavy (non-hydrogen) atoms. The lowest BCUT2D eigenvalue weighted by Crippen LogP contribution is -2.38. The normalized spacial score (nSPS) is 12.0. The van der Waals surface area contributed by atoms with Crippen LogP contribution < -0.4 is 14.8 Å². The Morgan fingerprint density at radius 1 is 0.842 bits per heavy atom. The van der Waals surface area contributed by atoms with Crippen molar-refractivity contribution in [3.05, 3.63) is 84.4 Å². The van der Waals surface area contributed by atoms with Gasteiger partial charge in [0.15, 0.2) is 0 Å². The lowest BCUT2D eigenvalue weighted by Gasteiger charge is -2.27. The minimum absolute atomic E-state index is 0.0242. The van der Waals surface area contributed by atoms with E-state index in [4.69, 9.17) is 15.3 Å². The first kappa shape index (κ1) is 29.1. The third-order valence-electron chi connectivity index (χ3n) is 5.37. The molecule has 3 aromatic rings. The SMILES string of the molecule is COc1ccc(S(=O)(=O)N(CC(C)C)c2ccc(S(=O)(=O)N(CC(N)=O)OCc3ccccc3)cc2)cc1. The van der Waals surface area contributed by atoms with Crippen LogP contribution >= 0.6 is 0 Å².